The molecule has 0 amide bonds. The summed E-state index contributed by atoms with van der Waals surface area (Å²) in [4.78, 5) is 18.0. The van der Waals surface area contributed by atoms with Crippen LogP contribution in [-0.2, 0) is 6.54 Å². The number of aromatic nitrogens is 4. The minimum atomic E-state index is 0.567. The molecular formula is C21H25ClN8. The molecule has 8 nitrogen and oxygen atoms in total. The van der Waals surface area contributed by atoms with Crippen molar-refractivity contribution in [2.45, 2.75) is 13.5 Å². The van der Waals surface area contributed by atoms with Gasteiger partial charge in [-0.05, 0) is 37.3 Å². The Bertz CT molecular complexity index is 962. The second-order valence-corrected chi connectivity index (χ2v) is 7.40. The number of hydrogen-bond donors (Lipinski definition) is 1. The lowest BCUT2D eigenvalue weighted by Crippen LogP contribution is -2.52. The van der Waals surface area contributed by atoms with Crippen molar-refractivity contribution in [3.8, 4) is 5.69 Å². The fraction of sp³-hybridized carbons (Fsp3) is 0.333. The molecule has 0 bridgehead atoms. The molecule has 9 heteroatoms. The zero-order valence-corrected chi connectivity index (χ0v) is 17.7. The van der Waals surface area contributed by atoms with Crippen molar-refractivity contribution < 1.29 is 0 Å². The molecule has 0 saturated carbocycles. The normalized spacial score (nSPS) is 14.8. The summed E-state index contributed by atoms with van der Waals surface area (Å²) in [7, 11) is 0. The van der Waals surface area contributed by atoms with Crippen LogP contribution in [0.25, 0.3) is 5.69 Å². The van der Waals surface area contributed by atoms with Crippen LogP contribution >= 0.6 is 11.6 Å². The Balaban J connectivity index is 1.39. The van der Waals surface area contributed by atoms with E-state index in [2.05, 4.69) is 37.1 Å². The maximum absolute atomic E-state index is 5.97. The highest BCUT2D eigenvalue weighted by Gasteiger charge is 2.21. The minimum absolute atomic E-state index is 0.567. The molecule has 4 rings (SSSR count). The third kappa shape index (κ3) is 4.88. The number of hydrogen-bond acceptors (Lipinski definition) is 5. The van der Waals surface area contributed by atoms with E-state index in [1.807, 2.05) is 47.4 Å². The highest BCUT2D eigenvalue weighted by molar-refractivity contribution is 6.30. The summed E-state index contributed by atoms with van der Waals surface area (Å²) in [5.74, 6) is 1.71. The molecule has 0 spiro atoms. The number of piperazine rings is 1. The van der Waals surface area contributed by atoms with Crippen LogP contribution in [0.1, 0.15) is 12.5 Å². The van der Waals surface area contributed by atoms with Crippen molar-refractivity contribution in [1.29, 1.82) is 0 Å². The van der Waals surface area contributed by atoms with E-state index in [9.17, 15) is 0 Å². The molecule has 1 N–H and O–H groups in total. The van der Waals surface area contributed by atoms with E-state index in [0.29, 0.717) is 11.6 Å². The molecule has 1 fully saturated rings. The highest BCUT2D eigenvalue weighted by Crippen LogP contribution is 2.14. The van der Waals surface area contributed by atoms with Gasteiger partial charge in [-0.25, -0.2) is 19.6 Å². The van der Waals surface area contributed by atoms with Gasteiger partial charge in [0.15, 0.2) is 5.96 Å². The molecule has 0 radical (unpaired) electrons. The standard InChI is InChI=1S/C21H25ClN8/c1-2-23-20(28-10-12-29(13-11-28)21-24-8-3-9-25-21)26-14-17-15-27-30(16-17)19-6-4-18(22)5-7-19/h3-9,15-16H,2,10-14H2,1H3,(H,23,26). The molecule has 30 heavy (non-hydrogen) atoms. The van der Waals surface area contributed by atoms with Crippen LogP contribution in [0, 0.1) is 0 Å². The van der Waals surface area contributed by atoms with E-state index < -0.39 is 0 Å². The van der Waals surface area contributed by atoms with Crippen molar-refractivity contribution in [2.24, 2.45) is 4.99 Å². The molecule has 1 saturated heterocycles. The van der Waals surface area contributed by atoms with Crippen LogP contribution in [0.4, 0.5) is 5.95 Å². The Morgan fingerprint density at radius 3 is 2.53 bits per heavy atom. The molecule has 0 aliphatic carbocycles. The summed E-state index contributed by atoms with van der Waals surface area (Å²) in [6, 6.07) is 9.45. The number of benzene rings is 1. The van der Waals surface area contributed by atoms with Crippen LogP contribution in [0.3, 0.4) is 0 Å². The summed E-state index contributed by atoms with van der Waals surface area (Å²) in [5, 5.41) is 8.56. The van der Waals surface area contributed by atoms with Crippen LogP contribution < -0.4 is 10.2 Å². The summed E-state index contributed by atoms with van der Waals surface area (Å²) in [5.41, 5.74) is 2.03. The molecular weight excluding hydrogens is 400 g/mol. The van der Waals surface area contributed by atoms with E-state index >= 15 is 0 Å². The van der Waals surface area contributed by atoms with Crippen LogP contribution in [-0.4, -0.2) is 63.3 Å². The topological polar surface area (TPSA) is 74.5 Å². The average molecular weight is 425 g/mol. The lowest BCUT2D eigenvalue weighted by Gasteiger charge is -2.36. The number of nitrogens with one attached hydrogen (secondary N) is 1. The molecule has 1 aliphatic rings. The first-order chi connectivity index (χ1) is 14.7. The lowest BCUT2D eigenvalue weighted by atomic mass is 10.3. The van der Waals surface area contributed by atoms with Gasteiger partial charge in [-0.1, -0.05) is 11.6 Å². The van der Waals surface area contributed by atoms with Crippen molar-refractivity contribution in [3.05, 3.63) is 65.7 Å². The first-order valence-electron chi connectivity index (χ1n) is 10.1. The minimum Gasteiger partial charge on any atom is -0.357 e. The number of aliphatic imine (C=N–C) groups is 1. The largest absolute Gasteiger partial charge is 0.357 e. The van der Waals surface area contributed by atoms with Gasteiger partial charge in [0, 0.05) is 61.9 Å². The van der Waals surface area contributed by atoms with Gasteiger partial charge in [0.2, 0.25) is 5.95 Å². The van der Waals surface area contributed by atoms with Gasteiger partial charge in [-0.3, -0.25) is 0 Å². The predicted molar refractivity (Wildman–Crippen MR) is 119 cm³/mol. The summed E-state index contributed by atoms with van der Waals surface area (Å²) in [6.45, 7) is 6.94. The maximum atomic E-state index is 5.97. The van der Waals surface area contributed by atoms with Gasteiger partial charge in [-0.15, -0.1) is 0 Å². The molecule has 2 aromatic heterocycles. The smallest absolute Gasteiger partial charge is 0.225 e. The van der Waals surface area contributed by atoms with Gasteiger partial charge in [-0.2, -0.15) is 5.10 Å². The molecule has 3 heterocycles. The third-order valence-electron chi connectivity index (χ3n) is 4.89. The Kier molecular flexibility index (Phi) is 6.44. The van der Waals surface area contributed by atoms with E-state index in [1.165, 1.54) is 0 Å². The summed E-state index contributed by atoms with van der Waals surface area (Å²) in [6.07, 6.45) is 7.42. The van der Waals surface area contributed by atoms with Crippen LogP contribution in [0.5, 0.6) is 0 Å². The molecule has 1 aliphatic heterocycles. The van der Waals surface area contributed by atoms with Crippen LogP contribution in [0.2, 0.25) is 5.02 Å². The zero-order valence-electron chi connectivity index (χ0n) is 16.9. The average Bonchev–Trinajstić information content (AvgIpc) is 3.27. The third-order valence-corrected chi connectivity index (χ3v) is 5.14. The van der Waals surface area contributed by atoms with Gasteiger partial charge in [0.05, 0.1) is 18.4 Å². The number of anilines is 1. The Hall–Kier alpha value is -3.13. The summed E-state index contributed by atoms with van der Waals surface area (Å²) >= 11 is 5.97. The molecule has 3 aromatic rings. The molecule has 1 aromatic carbocycles. The summed E-state index contributed by atoms with van der Waals surface area (Å²) < 4.78 is 1.84. The van der Waals surface area contributed by atoms with E-state index in [-0.39, 0.29) is 0 Å². The highest BCUT2D eigenvalue weighted by atomic mass is 35.5. The van der Waals surface area contributed by atoms with E-state index in [1.54, 1.807) is 12.4 Å². The quantitative estimate of drug-likeness (QED) is 0.501. The molecule has 0 unspecified atom stereocenters. The Labute approximate surface area is 181 Å². The van der Waals surface area contributed by atoms with Crippen molar-refractivity contribution in [3.63, 3.8) is 0 Å². The fourth-order valence-corrected chi connectivity index (χ4v) is 3.47. The molecule has 0 atom stereocenters. The first kappa shape index (κ1) is 20.2. The van der Waals surface area contributed by atoms with Crippen molar-refractivity contribution in [2.75, 3.05) is 37.6 Å². The second-order valence-electron chi connectivity index (χ2n) is 6.96. The predicted octanol–water partition coefficient (Wildman–Crippen LogP) is 2.60. The maximum Gasteiger partial charge on any atom is 0.225 e. The fourth-order valence-electron chi connectivity index (χ4n) is 3.34. The lowest BCUT2D eigenvalue weighted by molar-refractivity contribution is 0.370. The van der Waals surface area contributed by atoms with Gasteiger partial charge >= 0.3 is 0 Å². The Morgan fingerprint density at radius 1 is 1.10 bits per heavy atom. The van der Waals surface area contributed by atoms with Gasteiger partial charge in [0.1, 0.15) is 0 Å². The number of rotatable bonds is 5. The van der Waals surface area contributed by atoms with Gasteiger partial charge in [0.25, 0.3) is 0 Å². The Morgan fingerprint density at radius 2 is 1.83 bits per heavy atom. The van der Waals surface area contributed by atoms with Crippen molar-refractivity contribution in [1.82, 2.24) is 30.0 Å². The number of guanidine groups is 1. The van der Waals surface area contributed by atoms with Gasteiger partial charge < -0.3 is 15.1 Å². The van der Waals surface area contributed by atoms with E-state index in [0.717, 1.165) is 55.9 Å². The monoisotopic (exact) mass is 424 g/mol. The first-order valence-corrected chi connectivity index (χ1v) is 10.5. The second kappa shape index (κ2) is 9.58. The van der Waals surface area contributed by atoms with Crippen molar-refractivity contribution >= 4 is 23.5 Å². The SMILES string of the molecule is CCNC(=NCc1cnn(-c2ccc(Cl)cc2)c1)N1CCN(c2ncccn2)CC1. The number of halogens is 1. The number of nitrogens with zero attached hydrogens (tertiary/aromatic N) is 7. The zero-order chi connectivity index (χ0) is 20.8. The van der Waals surface area contributed by atoms with Crippen LogP contribution in [0.15, 0.2) is 60.1 Å². The molecule has 156 valence electrons. The van der Waals surface area contributed by atoms with E-state index in [4.69, 9.17) is 16.6 Å².